The van der Waals surface area contributed by atoms with Gasteiger partial charge < -0.3 is 15.2 Å². The van der Waals surface area contributed by atoms with Crippen molar-refractivity contribution in [1.82, 2.24) is 10.3 Å². The van der Waals surface area contributed by atoms with Gasteiger partial charge in [0.15, 0.2) is 0 Å². The number of halogens is 1. The Kier molecular flexibility index (Phi) is 6.32. The zero-order valence-corrected chi connectivity index (χ0v) is 16.2. The zero-order chi connectivity index (χ0) is 17.9. The Hall–Kier alpha value is -2.14. The molecule has 2 unspecified atom stereocenters. The molecule has 0 aliphatic carbocycles. The average molecular weight is 385 g/mol. The Morgan fingerprint density at radius 3 is 2.59 bits per heavy atom. The van der Waals surface area contributed by atoms with E-state index in [0.29, 0.717) is 0 Å². The molecular weight excluding hydrogens is 360 g/mol. The summed E-state index contributed by atoms with van der Waals surface area (Å²) in [5.74, 6) is 0.821. The van der Waals surface area contributed by atoms with Crippen molar-refractivity contribution in [3.05, 3.63) is 60.2 Å². The summed E-state index contributed by atoms with van der Waals surface area (Å²) < 4.78 is 5.25. The SMILES string of the molecule is COc1ccc(-c2cc(C(O)C3CCCCN3)c3ccccc3n2)cc1.Cl. The largest absolute Gasteiger partial charge is 0.497 e. The van der Waals surface area contributed by atoms with Gasteiger partial charge in [-0.3, -0.25) is 0 Å². The van der Waals surface area contributed by atoms with Crippen LogP contribution < -0.4 is 10.1 Å². The molecule has 0 radical (unpaired) electrons. The smallest absolute Gasteiger partial charge is 0.118 e. The van der Waals surface area contributed by atoms with Crippen molar-refractivity contribution < 1.29 is 9.84 Å². The molecule has 2 aromatic carbocycles. The predicted molar refractivity (Wildman–Crippen MR) is 112 cm³/mol. The van der Waals surface area contributed by atoms with Crippen LogP contribution in [0.3, 0.4) is 0 Å². The van der Waals surface area contributed by atoms with Gasteiger partial charge in [-0.2, -0.15) is 0 Å². The Morgan fingerprint density at radius 2 is 1.89 bits per heavy atom. The van der Waals surface area contributed by atoms with Gasteiger partial charge in [0.25, 0.3) is 0 Å². The lowest BCUT2D eigenvalue weighted by molar-refractivity contribution is 0.115. The van der Waals surface area contributed by atoms with Crippen LogP contribution in [-0.2, 0) is 0 Å². The quantitative estimate of drug-likeness (QED) is 0.695. The van der Waals surface area contributed by atoms with Gasteiger partial charge >= 0.3 is 0 Å². The maximum absolute atomic E-state index is 11.1. The van der Waals surface area contributed by atoms with Gasteiger partial charge in [0.1, 0.15) is 5.75 Å². The third kappa shape index (κ3) is 4.08. The van der Waals surface area contributed by atoms with Crippen molar-refractivity contribution in [2.75, 3.05) is 13.7 Å². The number of hydrogen-bond acceptors (Lipinski definition) is 4. The van der Waals surface area contributed by atoms with Crippen molar-refractivity contribution in [3.8, 4) is 17.0 Å². The van der Waals surface area contributed by atoms with Crippen molar-refractivity contribution in [2.24, 2.45) is 0 Å². The Labute approximate surface area is 166 Å². The average Bonchev–Trinajstić information content (AvgIpc) is 2.73. The van der Waals surface area contributed by atoms with E-state index in [1.54, 1.807) is 7.11 Å². The highest BCUT2D eigenvalue weighted by Gasteiger charge is 2.25. The van der Waals surface area contributed by atoms with E-state index in [-0.39, 0.29) is 18.4 Å². The molecule has 1 saturated heterocycles. The summed E-state index contributed by atoms with van der Waals surface area (Å²) >= 11 is 0. The molecule has 1 fully saturated rings. The topological polar surface area (TPSA) is 54.4 Å². The molecule has 3 aromatic rings. The summed E-state index contributed by atoms with van der Waals surface area (Å²) in [5, 5.41) is 15.6. The van der Waals surface area contributed by atoms with Crippen LogP contribution in [0.4, 0.5) is 0 Å². The minimum absolute atomic E-state index is 0. The van der Waals surface area contributed by atoms with Crippen molar-refractivity contribution in [2.45, 2.75) is 31.4 Å². The van der Waals surface area contributed by atoms with E-state index in [1.165, 1.54) is 6.42 Å². The van der Waals surface area contributed by atoms with E-state index in [2.05, 4.69) is 5.32 Å². The minimum Gasteiger partial charge on any atom is -0.497 e. The van der Waals surface area contributed by atoms with Crippen LogP contribution in [0.2, 0.25) is 0 Å². The fourth-order valence-electron chi connectivity index (χ4n) is 3.72. The first-order valence-corrected chi connectivity index (χ1v) is 9.22. The van der Waals surface area contributed by atoms with Crippen LogP contribution in [0.5, 0.6) is 5.75 Å². The number of benzene rings is 2. The van der Waals surface area contributed by atoms with E-state index in [9.17, 15) is 5.11 Å². The Bertz CT molecular complexity index is 892. The lowest BCUT2D eigenvalue weighted by atomic mass is 9.92. The number of hydrogen-bond donors (Lipinski definition) is 2. The highest BCUT2D eigenvalue weighted by Crippen LogP contribution is 2.32. The fourth-order valence-corrected chi connectivity index (χ4v) is 3.72. The first kappa shape index (κ1) is 19.6. The normalized spacial score (nSPS) is 17.9. The first-order valence-electron chi connectivity index (χ1n) is 9.22. The highest BCUT2D eigenvalue weighted by molar-refractivity contribution is 5.86. The molecule has 142 valence electrons. The molecular formula is C22H25ClN2O2. The number of rotatable bonds is 4. The van der Waals surface area contributed by atoms with Crippen LogP contribution in [0.25, 0.3) is 22.2 Å². The summed E-state index contributed by atoms with van der Waals surface area (Å²) in [6.45, 7) is 0.968. The molecule has 2 atom stereocenters. The second-order valence-electron chi connectivity index (χ2n) is 6.84. The van der Waals surface area contributed by atoms with Gasteiger partial charge in [0.05, 0.1) is 24.4 Å². The maximum Gasteiger partial charge on any atom is 0.118 e. The van der Waals surface area contributed by atoms with Gasteiger partial charge in [-0.1, -0.05) is 24.6 Å². The summed E-state index contributed by atoms with van der Waals surface area (Å²) in [4.78, 5) is 4.82. The lowest BCUT2D eigenvalue weighted by Gasteiger charge is -2.29. The lowest BCUT2D eigenvalue weighted by Crippen LogP contribution is -2.38. The van der Waals surface area contributed by atoms with Crippen LogP contribution in [0.1, 0.15) is 30.9 Å². The summed E-state index contributed by atoms with van der Waals surface area (Å²) in [7, 11) is 1.66. The second-order valence-corrected chi connectivity index (χ2v) is 6.84. The van der Waals surface area contributed by atoms with E-state index in [1.807, 2.05) is 54.6 Å². The van der Waals surface area contributed by atoms with Crippen molar-refractivity contribution >= 4 is 23.3 Å². The number of aromatic nitrogens is 1. The highest BCUT2D eigenvalue weighted by atomic mass is 35.5. The molecule has 0 saturated carbocycles. The molecule has 0 amide bonds. The number of para-hydroxylation sites is 1. The number of fused-ring (bicyclic) bond motifs is 1. The molecule has 2 heterocycles. The predicted octanol–water partition coefficient (Wildman–Crippen LogP) is 4.51. The van der Waals surface area contributed by atoms with Crippen LogP contribution in [0.15, 0.2) is 54.6 Å². The van der Waals surface area contributed by atoms with Crippen LogP contribution >= 0.6 is 12.4 Å². The summed E-state index contributed by atoms with van der Waals surface area (Å²) in [6.07, 6.45) is 2.79. The van der Waals surface area contributed by atoms with Gasteiger partial charge in [-0.15, -0.1) is 12.4 Å². The second kappa shape index (κ2) is 8.70. The number of methoxy groups -OCH3 is 1. The molecule has 5 heteroatoms. The van der Waals surface area contributed by atoms with Crippen molar-refractivity contribution in [3.63, 3.8) is 0 Å². The standard InChI is InChI=1S/C22H24N2O2.ClH/c1-26-16-11-9-15(10-12-16)21-14-18(17-6-2-3-7-19(17)24-21)22(25)20-8-4-5-13-23-20;/h2-3,6-7,9-12,14,20,22-23,25H,4-5,8,13H2,1H3;1H. The van der Waals surface area contributed by atoms with Crippen molar-refractivity contribution in [1.29, 1.82) is 0 Å². The molecule has 4 nitrogen and oxygen atoms in total. The number of ether oxygens (including phenoxy) is 1. The Balaban J connectivity index is 0.00000210. The number of piperidine rings is 1. The molecule has 4 rings (SSSR count). The molecule has 1 aliphatic rings. The van der Waals surface area contributed by atoms with Crippen LogP contribution in [-0.4, -0.2) is 29.8 Å². The van der Waals surface area contributed by atoms with Gasteiger partial charge in [-0.05, 0) is 61.3 Å². The third-order valence-electron chi connectivity index (χ3n) is 5.18. The Morgan fingerprint density at radius 1 is 1.11 bits per heavy atom. The number of nitrogens with one attached hydrogen (secondary N) is 1. The van der Waals surface area contributed by atoms with E-state index < -0.39 is 6.10 Å². The monoisotopic (exact) mass is 384 g/mol. The molecule has 0 spiro atoms. The van der Waals surface area contributed by atoms with Gasteiger partial charge in [0, 0.05) is 17.0 Å². The summed E-state index contributed by atoms with van der Waals surface area (Å²) in [5.41, 5.74) is 3.74. The third-order valence-corrected chi connectivity index (χ3v) is 5.18. The number of pyridine rings is 1. The van der Waals surface area contributed by atoms with E-state index in [0.717, 1.165) is 52.9 Å². The number of aliphatic hydroxyl groups excluding tert-OH is 1. The zero-order valence-electron chi connectivity index (χ0n) is 15.4. The van der Waals surface area contributed by atoms with E-state index >= 15 is 0 Å². The minimum atomic E-state index is -0.541. The molecule has 1 aromatic heterocycles. The fraction of sp³-hybridized carbons (Fsp3) is 0.318. The first-order chi connectivity index (χ1) is 12.8. The number of aliphatic hydroxyl groups is 1. The van der Waals surface area contributed by atoms with Gasteiger partial charge in [-0.25, -0.2) is 4.98 Å². The molecule has 1 aliphatic heterocycles. The molecule has 0 bridgehead atoms. The molecule has 2 N–H and O–H groups in total. The van der Waals surface area contributed by atoms with E-state index in [4.69, 9.17) is 9.72 Å². The molecule has 27 heavy (non-hydrogen) atoms. The van der Waals surface area contributed by atoms with Crippen LogP contribution in [0, 0.1) is 0 Å². The maximum atomic E-state index is 11.1. The van der Waals surface area contributed by atoms with Gasteiger partial charge in [0.2, 0.25) is 0 Å². The summed E-state index contributed by atoms with van der Waals surface area (Å²) in [6, 6.07) is 18.0. The number of nitrogens with zero attached hydrogens (tertiary/aromatic N) is 1.